The zero-order chi connectivity index (χ0) is 15.4. The molecule has 2 aromatic heterocycles. The van der Waals surface area contributed by atoms with Gasteiger partial charge < -0.3 is 9.47 Å². The molecule has 1 fully saturated rings. The van der Waals surface area contributed by atoms with E-state index in [-0.39, 0.29) is 5.91 Å². The molecule has 6 nitrogen and oxygen atoms in total. The molecule has 0 bridgehead atoms. The number of hydrogen-bond acceptors (Lipinski definition) is 4. The van der Waals surface area contributed by atoms with Gasteiger partial charge in [0.1, 0.15) is 18.7 Å². The largest absolute Gasteiger partial charge is 0.340 e. The first kappa shape index (κ1) is 14.7. The molecule has 0 spiro atoms. The highest BCUT2D eigenvalue weighted by Crippen LogP contribution is 2.25. The van der Waals surface area contributed by atoms with E-state index < -0.39 is 0 Å². The molecule has 1 aliphatic rings. The fourth-order valence-corrected chi connectivity index (χ4v) is 3.03. The van der Waals surface area contributed by atoms with E-state index in [1.165, 1.54) is 0 Å². The number of carbonyl (C=O) groups excluding carboxylic acids is 1. The smallest absolute Gasteiger partial charge is 0.242 e. The minimum atomic E-state index is 0.159. The minimum Gasteiger partial charge on any atom is -0.340 e. The Morgan fingerprint density at radius 3 is 3.05 bits per heavy atom. The van der Waals surface area contributed by atoms with E-state index >= 15 is 0 Å². The Morgan fingerprint density at radius 1 is 1.36 bits per heavy atom. The van der Waals surface area contributed by atoms with Crippen LogP contribution in [0.4, 0.5) is 0 Å². The van der Waals surface area contributed by atoms with Gasteiger partial charge in [0.25, 0.3) is 0 Å². The Bertz CT molecular complexity index is 624. The normalized spacial score (nSPS) is 18.4. The summed E-state index contributed by atoms with van der Waals surface area (Å²) in [6, 6.07) is 1.95. The summed E-state index contributed by atoms with van der Waals surface area (Å²) in [6.45, 7) is 4.00. The predicted molar refractivity (Wildman–Crippen MR) is 82.2 cm³/mol. The van der Waals surface area contributed by atoms with Crippen LogP contribution in [0.2, 0.25) is 0 Å². The molecule has 0 aliphatic carbocycles. The molecule has 116 valence electrons. The summed E-state index contributed by atoms with van der Waals surface area (Å²) < 4.78 is 1.94. The van der Waals surface area contributed by atoms with Gasteiger partial charge in [-0.15, -0.1) is 0 Å². The van der Waals surface area contributed by atoms with Gasteiger partial charge in [-0.2, -0.15) is 0 Å². The van der Waals surface area contributed by atoms with E-state index in [0.717, 1.165) is 43.9 Å². The summed E-state index contributed by atoms with van der Waals surface area (Å²) in [5, 5.41) is 0. The van der Waals surface area contributed by atoms with Crippen molar-refractivity contribution in [1.82, 2.24) is 24.4 Å². The Kier molecular flexibility index (Phi) is 4.46. The lowest BCUT2D eigenvalue weighted by atomic mass is 9.94. The maximum atomic E-state index is 12.6. The molecule has 0 saturated carbocycles. The average molecular weight is 299 g/mol. The molecule has 0 radical (unpaired) electrons. The fraction of sp³-hybridized carbons (Fsp3) is 0.500. The summed E-state index contributed by atoms with van der Waals surface area (Å²) in [6.07, 6.45) is 9.91. The number of nitrogens with zero attached hydrogens (tertiary/aromatic N) is 5. The molecule has 3 heterocycles. The number of amides is 1. The summed E-state index contributed by atoms with van der Waals surface area (Å²) in [5.41, 5.74) is 1.03. The molecular formula is C16H21N5O. The SMILES string of the molecule is CCc1nccn1CC(=O)N1CCC[C@H](c2ccncn2)C1. The van der Waals surface area contributed by atoms with Gasteiger partial charge in [0.15, 0.2) is 0 Å². The van der Waals surface area contributed by atoms with Crippen molar-refractivity contribution in [3.8, 4) is 0 Å². The molecule has 0 aromatic carbocycles. The summed E-state index contributed by atoms with van der Waals surface area (Å²) >= 11 is 0. The number of likely N-dealkylation sites (tertiary alicyclic amines) is 1. The third-order valence-electron chi connectivity index (χ3n) is 4.22. The molecule has 1 saturated heterocycles. The third kappa shape index (κ3) is 3.16. The van der Waals surface area contributed by atoms with Gasteiger partial charge in [0.2, 0.25) is 5.91 Å². The molecule has 3 rings (SSSR count). The number of aromatic nitrogens is 4. The Morgan fingerprint density at radius 2 is 2.27 bits per heavy atom. The Balaban J connectivity index is 1.65. The second-order valence-electron chi connectivity index (χ2n) is 5.64. The van der Waals surface area contributed by atoms with Gasteiger partial charge in [0, 0.05) is 49.7 Å². The summed E-state index contributed by atoms with van der Waals surface area (Å²) in [4.78, 5) is 27.1. The van der Waals surface area contributed by atoms with Crippen LogP contribution in [0.25, 0.3) is 0 Å². The lowest BCUT2D eigenvalue weighted by Crippen LogP contribution is -2.41. The summed E-state index contributed by atoms with van der Waals surface area (Å²) in [7, 11) is 0. The van der Waals surface area contributed by atoms with E-state index in [2.05, 4.69) is 21.9 Å². The van der Waals surface area contributed by atoms with Crippen molar-refractivity contribution in [2.45, 2.75) is 38.6 Å². The van der Waals surface area contributed by atoms with Gasteiger partial charge in [0.05, 0.1) is 0 Å². The number of piperidine rings is 1. The third-order valence-corrected chi connectivity index (χ3v) is 4.22. The van der Waals surface area contributed by atoms with Crippen LogP contribution >= 0.6 is 0 Å². The van der Waals surface area contributed by atoms with E-state index in [9.17, 15) is 4.79 Å². The van der Waals surface area contributed by atoms with Crippen molar-refractivity contribution < 1.29 is 4.79 Å². The molecule has 1 amide bonds. The van der Waals surface area contributed by atoms with Crippen LogP contribution in [-0.4, -0.2) is 43.4 Å². The Hall–Kier alpha value is -2.24. The van der Waals surface area contributed by atoms with E-state index in [1.54, 1.807) is 18.7 Å². The van der Waals surface area contributed by atoms with E-state index in [1.807, 2.05) is 21.7 Å². The number of carbonyl (C=O) groups is 1. The average Bonchev–Trinajstić information content (AvgIpc) is 3.03. The van der Waals surface area contributed by atoms with Crippen LogP contribution < -0.4 is 0 Å². The predicted octanol–water partition coefficient (Wildman–Crippen LogP) is 1.64. The van der Waals surface area contributed by atoms with Crippen LogP contribution in [0.3, 0.4) is 0 Å². The van der Waals surface area contributed by atoms with Gasteiger partial charge in [-0.1, -0.05) is 6.92 Å². The van der Waals surface area contributed by atoms with Crippen LogP contribution in [0.5, 0.6) is 0 Å². The monoisotopic (exact) mass is 299 g/mol. The lowest BCUT2D eigenvalue weighted by molar-refractivity contribution is -0.133. The van der Waals surface area contributed by atoms with E-state index in [0.29, 0.717) is 12.5 Å². The maximum Gasteiger partial charge on any atom is 0.242 e. The van der Waals surface area contributed by atoms with Crippen molar-refractivity contribution in [2.75, 3.05) is 13.1 Å². The van der Waals surface area contributed by atoms with Crippen molar-refractivity contribution in [1.29, 1.82) is 0 Å². The number of imidazole rings is 1. The quantitative estimate of drug-likeness (QED) is 0.861. The Labute approximate surface area is 130 Å². The van der Waals surface area contributed by atoms with Crippen LogP contribution in [0.15, 0.2) is 31.0 Å². The van der Waals surface area contributed by atoms with Gasteiger partial charge >= 0.3 is 0 Å². The zero-order valence-electron chi connectivity index (χ0n) is 12.9. The van der Waals surface area contributed by atoms with Gasteiger partial charge in [-0.25, -0.2) is 15.0 Å². The summed E-state index contributed by atoms with van der Waals surface area (Å²) in [5.74, 6) is 1.43. The number of aryl methyl sites for hydroxylation is 1. The molecule has 0 unspecified atom stereocenters. The zero-order valence-corrected chi connectivity index (χ0v) is 12.9. The van der Waals surface area contributed by atoms with Crippen molar-refractivity contribution in [3.63, 3.8) is 0 Å². The van der Waals surface area contributed by atoms with Crippen molar-refractivity contribution in [2.24, 2.45) is 0 Å². The molecule has 2 aromatic rings. The molecule has 1 aliphatic heterocycles. The molecule has 6 heteroatoms. The van der Waals surface area contributed by atoms with Gasteiger partial charge in [-0.3, -0.25) is 4.79 Å². The first-order valence-electron chi connectivity index (χ1n) is 7.81. The second-order valence-corrected chi connectivity index (χ2v) is 5.64. The maximum absolute atomic E-state index is 12.6. The van der Waals surface area contributed by atoms with Crippen molar-refractivity contribution in [3.05, 3.63) is 42.5 Å². The number of hydrogen-bond donors (Lipinski definition) is 0. The fourth-order valence-electron chi connectivity index (χ4n) is 3.03. The van der Waals surface area contributed by atoms with Gasteiger partial charge in [-0.05, 0) is 18.9 Å². The molecule has 22 heavy (non-hydrogen) atoms. The molecule has 0 N–H and O–H groups in total. The minimum absolute atomic E-state index is 0.159. The van der Waals surface area contributed by atoms with Crippen LogP contribution in [0, 0.1) is 0 Å². The van der Waals surface area contributed by atoms with E-state index in [4.69, 9.17) is 0 Å². The highest BCUT2D eigenvalue weighted by atomic mass is 16.2. The van der Waals surface area contributed by atoms with Crippen LogP contribution in [-0.2, 0) is 17.8 Å². The molecule has 1 atom stereocenters. The van der Waals surface area contributed by atoms with Crippen LogP contribution in [0.1, 0.15) is 37.2 Å². The number of rotatable bonds is 4. The topological polar surface area (TPSA) is 63.9 Å². The lowest BCUT2D eigenvalue weighted by Gasteiger charge is -2.32. The highest BCUT2D eigenvalue weighted by molar-refractivity contribution is 5.76. The highest BCUT2D eigenvalue weighted by Gasteiger charge is 2.25. The molecular weight excluding hydrogens is 278 g/mol. The second kappa shape index (κ2) is 6.68. The first-order chi connectivity index (χ1) is 10.8. The standard InChI is InChI=1S/C16H21N5O/c1-2-15-18-7-9-20(15)11-16(22)21-8-3-4-13(10-21)14-5-6-17-12-19-14/h5-7,9,12-13H,2-4,8,10-11H2,1H3/t13-/m0/s1. The first-order valence-corrected chi connectivity index (χ1v) is 7.81. The van der Waals surface area contributed by atoms with Crippen molar-refractivity contribution >= 4 is 5.91 Å².